The molecule has 2 aliphatic rings. The van der Waals surface area contributed by atoms with E-state index >= 15 is 0 Å². The zero-order chi connectivity index (χ0) is 13.1. The number of aliphatic hydroxyl groups excluding tert-OH is 1. The van der Waals surface area contributed by atoms with Crippen LogP contribution in [0.4, 0.5) is 0 Å². The molecule has 5 nitrogen and oxygen atoms in total. The number of nitrogens with zero attached hydrogens (tertiary/aromatic N) is 3. The van der Waals surface area contributed by atoms with Gasteiger partial charge < -0.3 is 10.0 Å². The maximum absolute atomic E-state index is 12.0. The van der Waals surface area contributed by atoms with E-state index in [2.05, 4.69) is 16.7 Å². The van der Waals surface area contributed by atoms with Gasteiger partial charge in [-0.3, -0.25) is 14.6 Å². The molecule has 18 heavy (non-hydrogen) atoms. The van der Waals surface area contributed by atoms with E-state index in [0.29, 0.717) is 0 Å². The fourth-order valence-electron chi connectivity index (χ4n) is 3.06. The number of rotatable bonds is 4. The van der Waals surface area contributed by atoms with E-state index in [9.17, 15) is 9.90 Å². The minimum Gasteiger partial charge on any atom is -0.395 e. The Labute approximate surface area is 109 Å². The predicted molar refractivity (Wildman–Crippen MR) is 70.4 cm³/mol. The maximum Gasteiger partial charge on any atom is 0.239 e. The van der Waals surface area contributed by atoms with Gasteiger partial charge in [0.25, 0.3) is 0 Å². The first-order chi connectivity index (χ1) is 8.67. The van der Waals surface area contributed by atoms with Crippen molar-refractivity contribution in [3.8, 4) is 0 Å². The fraction of sp³-hybridized carbons (Fsp3) is 0.923. The first-order valence-electron chi connectivity index (χ1n) is 7.01. The van der Waals surface area contributed by atoms with Gasteiger partial charge in [0.05, 0.1) is 12.6 Å². The number of aliphatic hydroxyl groups is 1. The van der Waals surface area contributed by atoms with Crippen LogP contribution < -0.4 is 0 Å². The molecule has 0 spiro atoms. The van der Waals surface area contributed by atoms with Gasteiger partial charge in [-0.25, -0.2) is 0 Å². The third kappa shape index (κ3) is 2.68. The Morgan fingerprint density at radius 2 is 1.94 bits per heavy atom. The summed E-state index contributed by atoms with van der Waals surface area (Å²) in [6.45, 7) is 7.06. The van der Waals surface area contributed by atoms with Crippen molar-refractivity contribution in [2.45, 2.75) is 31.8 Å². The first kappa shape index (κ1) is 13.8. The normalized spacial score (nSPS) is 28.9. The second-order valence-electron chi connectivity index (χ2n) is 5.38. The highest BCUT2D eigenvalue weighted by molar-refractivity contribution is 5.83. The minimum absolute atomic E-state index is 0.103. The van der Waals surface area contributed by atoms with Crippen molar-refractivity contribution in [3.63, 3.8) is 0 Å². The molecule has 0 radical (unpaired) electrons. The smallest absolute Gasteiger partial charge is 0.239 e. The highest BCUT2D eigenvalue weighted by atomic mass is 16.3. The Hall–Kier alpha value is -0.650. The molecule has 0 aromatic rings. The summed E-state index contributed by atoms with van der Waals surface area (Å²) in [6, 6.07) is 0.389. The number of likely N-dealkylation sites (N-methyl/N-ethyl adjacent to an activating group) is 1. The lowest BCUT2D eigenvalue weighted by molar-refractivity contribution is -0.131. The second-order valence-corrected chi connectivity index (χ2v) is 5.38. The summed E-state index contributed by atoms with van der Waals surface area (Å²) in [6.07, 6.45) is 1.95. The summed E-state index contributed by atoms with van der Waals surface area (Å²) in [5.74, 6) is 0.276. The van der Waals surface area contributed by atoms with Crippen molar-refractivity contribution in [1.29, 1.82) is 0 Å². The number of hydrogen-bond donors (Lipinski definition) is 1. The summed E-state index contributed by atoms with van der Waals surface area (Å²) in [5, 5.41) is 9.32. The number of hydrogen-bond acceptors (Lipinski definition) is 4. The molecule has 0 bridgehead atoms. The van der Waals surface area contributed by atoms with Gasteiger partial charge in [-0.1, -0.05) is 6.92 Å². The number of piperazine rings is 1. The first-order valence-corrected chi connectivity index (χ1v) is 7.01. The molecule has 2 fully saturated rings. The molecule has 2 aliphatic heterocycles. The fourth-order valence-corrected chi connectivity index (χ4v) is 3.06. The lowest BCUT2D eigenvalue weighted by Gasteiger charge is -2.40. The number of amides is 1. The Balaban J connectivity index is 1.85. The van der Waals surface area contributed by atoms with Gasteiger partial charge in [-0.15, -0.1) is 0 Å². The lowest BCUT2D eigenvalue weighted by Crippen LogP contribution is -2.55. The highest BCUT2D eigenvalue weighted by Crippen LogP contribution is 2.18. The Morgan fingerprint density at radius 1 is 1.28 bits per heavy atom. The summed E-state index contributed by atoms with van der Waals surface area (Å²) in [5.41, 5.74) is 0. The quantitative estimate of drug-likeness (QED) is 0.743. The van der Waals surface area contributed by atoms with E-state index in [1.54, 1.807) is 0 Å². The maximum atomic E-state index is 12.0. The molecule has 2 saturated heterocycles. The SMILES string of the molecule is CC[C@@H](CO)N1CCN([C@@H]2CCN(C)C2=O)CC1. The van der Waals surface area contributed by atoms with E-state index in [1.807, 2.05) is 11.9 Å². The number of likely N-dealkylation sites (tertiary alicyclic amines) is 1. The molecular weight excluding hydrogens is 230 g/mol. The Bertz CT molecular complexity index is 286. The van der Waals surface area contributed by atoms with Gasteiger partial charge >= 0.3 is 0 Å². The van der Waals surface area contributed by atoms with Crippen LogP contribution in [0.5, 0.6) is 0 Å². The van der Waals surface area contributed by atoms with E-state index in [0.717, 1.165) is 45.6 Å². The molecule has 5 heteroatoms. The van der Waals surface area contributed by atoms with Gasteiger partial charge in [0.15, 0.2) is 0 Å². The molecule has 1 N–H and O–H groups in total. The third-order valence-corrected chi connectivity index (χ3v) is 4.39. The standard InChI is InChI=1S/C13H25N3O2/c1-3-11(10-17)15-6-8-16(9-7-15)12-4-5-14(2)13(12)18/h11-12,17H,3-10H2,1-2H3/t11-,12+/m0/s1. The third-order valence-electron chi connectivity index (χ3n) is 4.39. The lowest BCUT2D eigenvalue weighted by atomic mass is 10.1. The minimum atomic E-state index is 0.103. The van der Waals surface area contributed by atoms with Crippen LogP contribution in [0.1, 0.15) is 19.8 Å². The van der Waals surface area contributed by atoms with Gasteiger partial charge in [0, 0.05) is 45.8 Å². The molecule has 2 atom stereocenters. The van der Waals surface area contributed by atoms with Crippen LogP contribution in [0, 0.1) is 0 Å². The Kier molecular flexibility index (Phi) is 4.59. The molecule has 0 unspecified atom stereocenters. The molecular formula is C13H25N3O2. The largest absolute Gasteiger partial charge is 0.395 e. The zero-order valence-electron chi connectivity index (χ0n) is 11.5. The van der Waals surface area contributed by atoms with Gasteiger partial charge in [-0.05, 0) is 12.8 Å². The zero-order valence-corrected chi connectivity index (χ0v) is 11.5. The van der Waals surface area contributed by atoms with Crippen LogP contribution in [0.25, 0.3) is 0 Å². The van der Waals surface area contributed by atoms with Crippen LogP contribution in [0.15, 0.2) is 0 Å². The van der Waals surface area contributed by atoms with Crippen molar-refractivity contribution in [2.24, 2.45) is 0 Å². The van der Waals surface area contributed by atoms with Gasteiger partial charge in [0.1, 0.15) is 0 Å². The van der Waals surface area contributed by atoms with Crippen molar-refractivity contribution in [2.75, 3.05) is 46.4 Å². The van der Waals surface area contributed by atoms with Crippen LogP contribution in [-0.2, 0) is 4.79 Å². The average molecular weight is 255 g/mol. The molecule has 104 valence electrons. The molecule has 0 aromatic heterocycles. The van der Waals surface area contributed by atoms with Gasteiger partial charge in [-0.2, -0.15) is 0 Å². The van der Waals surface area contributed by atoms with E-state index in [4.69, 9.17) is 0 Å². The van der Waals surface area contributed by atoms with E-state index in [1.165, 1.54) is 0 Å². The van der Waals surface area contributed by atoms with Crippen molar-refractivity contribution in [1.82, 2.24) is 14.7 Å². The monoisotopic (exact) mass is 255 g/mol. The average Bonchev–Trinajstić information content (AvgIpc) is 2.73. The number of carbonyl (C=O) groups is 1. The van der Waals surface area contributed by atoms with E-state index < -0.39 is 0 Å². The van der Waals surface area contributed by atoms with Crippen molar-refractivity contribution < 1.29 is 9.90 Å². The molecule has 2 rings (SSSR count). The molecule has 1 amide bonds. The van der Waals surface area contributed by atoms with Crippen LogP contribution >= 0.6 is 0 Å². The predicted octanol–water partition coefficient (Wildman–Crippen LogP) is -0.394. The van der Waals surface area contributed by atoms with E-state index in [-0.39, 0.29) is 24.6 Å². The molecule has 0 saturated carbocycles. The van der Waals surface area contributed by atoms with Crippen LogP contribution in [0.3, 0.4) is 0 Å². The summed E-state index contributed by atoms with van der Waals surface area (Å²) in [4.78, 5) is 18.5. The molecule has 0 aromatic carbocycles. The topological polar surface area (TPSA) is 47.0 Å². The highest BCUT2D eigenvalue weighted by Gasteiger charge is 2.35. The second kappa shape index (κ2) is 5.99. The Morgan fingerprint density at radius 3 is 2.39 bits per heavy atom. The summed E-state index contributed by atoms with van der Waals surface area (Å²) < 4.78 is 0. The van der Waals surface area contributed by atoms with Crippen molar-refractivity contribution in [3.05, 3.63) is 0 Å². The summed E-state index contributed by atoms with van der Waals surface area (Å²) in [7, 11) is 1.89. The van der Waals surface area contributed by atoms with Gasteiger partial charge in [0.2, 0.25) is 5.91 Å². The van der Waals surface area contributed by atoms with Crippen molar-refractivity contribution >= 4 is 5.91 Å². The molecule has 0 aliphatic carbocycles. The van der Waals surface area contributed by atoms with Crippen LogP contribution in [0.2, 0.25) is 0 Å². The summed E-state index contributed by atoms with van der Waals surface area (Å²) >= 11 is 0. The number of carbonyl (C=O) groups excluding carboxylic acids is 1. The van der Waals surface area contributed by atoms with Crippen LogP contribution in [-0.4, -0.2) is 84.2 Å². The molecule has 2 heterocycles.